The lowest BCUT2D eigenvalue weighted by Crippen LogP contribution is -2.47. The average molecular weight is 433 g/mol. The third-order valence-corrected chi connectivity index (χ3v) is 6.71. The van der Waals surface area contributed by atoms with Crippen molar-refractivity contribution in [3.63, 3.8) is 0 Å². The minimum atomic E-state index is -0.00623. The first kappa shape index (κ1) is 20.6. The molecule has 0 saturated carbocycles. The van der Waals surface area contributed by atoms with Gasteiger partial charge in [0, 0.05) is 62.0 Å². The van der Waals surface area contributed by atoms with Crippen LogP contribution in [-0.4, -0.2) is 88.0 Å². The summed E-state index contributed by atoms with van der Waals surface area (Å²) < 4.78 is 0. The molecule has 2 saturated heterocycles. The van der Waals surface area contributed by atoms with Gasteiger partial charge in [-0.1, -0.05) is 18.2 Å². The summed E-state index contributed by atoms with van der Waals surface area (Å²) >= 11 is 0. The molecule has 1 unspecified atom stereocenters. The Labute approximate surface area is 187 Å². The molecule has 0 bridgehead atoms. The van der Waals surface area contributed by atoms with Crippen molar-refractivity contribution in [3.8, 4) is 0 Å². The van der Waals surface area contributed by atoms with E-state index in [2.05, 4.69) is 22.1 Å². The van der Waals surface area contributed by atoms with Gasteiger partial charge in [-0.05, 0) is 32.5 Å². The molecule has 2 amide bonds. The maximum atomic E-state index is 13.5. The smallest absolute Gasteiger partial charge is 0.257 e. The van der Waals surface area contributed by atoms with Crippen molar-refractivity contribution in [1.82, 2.24) is 29.9 Å². The molecule has 0 spiro atoms. The zero-order valence-corrected chi connectivity index (χ0v) is 18.5. The van der Waals surface area contributed by atoms with Crippen molar-refractivity contribution in [3.05, 3.63) is 59.0 Å². The lowest BCUT2D eigenvalue weighted by atomic mass is 9.98. The van der Waals surface area contributed by atoms with E-state index >= 15 is 0 Å². The van der Waals surface area contributed by atoms with Gasteiger partial charge in [0.25, 0.3) is 11.8 Å². The quantitative estimate of drug-likeness (QED) is 0.686. The number of fused-ring (bicyclic) bond motifs is 1. The van der Waals surface area contributed by atoms with Gasteiger partial charge in [0.15, 0.2) is 0 Å². The van der Waals surface area contributed by atoms with Gasteiger partial charge >= 0.3 is 0 Å². The molecule has 1 N–H and O–H groups in total. The van der Waals surface area contributed by atoms with Crippen LogP contribution in [0.1, 0.15) is 44.4 Å². The number of H-pyrrole nitrogens is 1. The van der Waals surface area contributed by atoms with E-state index in [-0.39, 0.29) is 17.7 Å². The van der Waals surface area contributed by atoms with Crippen molar-refractivity contribution in [2.24, 2.45) is 0 Å². The maximum absolute atomic E-state index is 13.5. The SMILES string of the molecule is Cc1[nH]ncc1C(=O)N1CCC(c2cc(C(=O)N3CCN(C)CC3)c3ccccc3n2)C1. The van der Waals surface area contributed by atoms with E-state index in [1.165, 1.54) is 0 Å². The predicted molar refractivity (Wildman–Crippen MR) is 122 cm³/mol. The molecule has 0 aliphatic carbocycles. The lowest BCUT2D eigenvalue weighted by molar-refractivity contribution is 0.0665. The second kappa shape index (κ2) is 8.35. The largest absolute Gasteiger partial charge is 0.338 e. The van der Waals surface area contributed by atoms with Gasteiger partial charge in [0.1, 0.15) is 0 Å². The van der Waals surface area contributed by atoms with Crippen molar-refractivity contribution < 1.29 is 9.59 Å². The molecular formula is C24H28N6O2. The van der Waals surface area contributed by atoms with Crippen LogP contribution in [-0.2, 0) is 0 Å². The molecule has 3 aromatic rings. The van der Waals surface area contributed by atoms with Gasteiger partial charge in [-0.2, -0.15) is 5.10 Å². The zero-order chi connectivity index (χ0) is 22.2. The molecule has 32 heavy (non-hydrogen) atoms. The summed E-state index contributed by atoms with van der Waals surface area (Å²) in [6.45, 7) is 6.36. The van der Waals surface area contributed by atoms with Crippen LogP contribution in [0.3, 0.4) is 0 Å². The number of piperazine rings is 1. The molecule has 4 heterocycles. The number of nitrogens with zero attached hydrogens (tertiary/aromatic N) is 5. The fourth-order valence-corrected chi connectivity index (χ4v) is 4.68. The number of likely N-dealkylation sites (tertiary alicyclic amines) is 1. The molecule has 2 fully saturated rings. The second-order valence-corrected chi connectivity index (χ2v) is 8.85. The minimum absolute atomic E-state index is 0.00623. The van der Waals surface area contributed by atoms with Gasteiger partial charge < -0.3 is 14.7 Å². The van der Waals surface area contributed by atoms with E-state index in [1.807, 2.05) is 47.1 Å². The normalized spacial score (nSPS) is 19.6. The number of benzene rings is 1. The predicted octanol–water partition coefficient (Wildman–Crippen LogP) is 2.28. The van der Waals surface area contributed by atoms with Crippen LogP contribution < -0.4 is 0 Å². The monoisotopic (exact) mass is 432 g/mol. The van der Waals surface area contributed by atoms with Crippen LogP contribution in [0.5, 0.6) is 0 Å². The van der Waals surface area contributed by atoms with Crippen molar-refractivity contribution in [1.29, 1.82) is 0 Å². The van der Waals surface area contributed by atoms with Crippen molar-refractivity contribution in [2.45, 2.75) is 19.3 Å². The fraction of sp³-hybridized carbons (Fsp3) is 0.417. The number of pyridine rings is 1. The van der Waals surface area contributed by atoms with Gasteiger partial charge in [-0.25, -0.2) is 0 Å². The van der Waals surface area contributed by atoms with Crippen LogP contribution in [0.4, 0.5) is 0 Å². The molecule has 166 valence electrons. The van der Waals surface area contributed by atoms with Crippen LogP contribution in [0.25, 0.3) is 10.9 Å². The highest BCUT2D eigenvalue weighted by Crippen LogP contribution is 2.31. The Bertz CT molecular complexity index is 1160. The third kappa shape index (κ3) is 3.75. The standard InChI is InChI=1S/C24H28N6O2/c1-16-20(14-25-27-16)24(32)30-8-7-17(15-30)22-13-19(18-5-3-4-6-21(18)26-22)23(31)29-11-9-28(2)10-12-29/h3-6,13-14,17H,7-12,15H2,1-2H3,(H,25,27). The fourth-order valence-electron chi connectivity index (χ4n) is 4.68. The lowest BCUT2D eigenvalue weighted by Gasteiger charge is -2.32. The number of aryl methyl sites for hydroxylation is 1. The van der Waals surface area contributed by atoms with Gasteiger partial charge in [0.05, 0.1) is 22.8 Å². The Hall–Kier alpha value is -3.26. The first-order valence-electron chi connectivity index (χ1n) is 11.2. The summed E-state index contributed by atoms with van der Waals surface area (Å²) in [5, 5.41) is 7.70. The Morgan fingerprint density at radius 2 is 1.75 bits per heavy atom. The Morgan fingerprint density at radius 3 is 2.50 bits per heavy atom. The van der Waals surface area contributed by atoms with E-state index in [1.54, 1.807) is 6.20 Å². The second-order valence-electron chi connectivity index (χ2n) is 8.85. The number of rotatable bonds is 3. The molecule has 1 aromatic carbocycles. The summed E-state index contributed by atoms with van der Waals surface area (Å²) in [5.41, 5.74) is 3.83. The molecule has 2 aliphatic rings. The number of hydrogen-bond acceptors (Lipinski definition) is 5. The average Bonchev–Trinajstić information content (AvgIpc) is 3.47. The molecule has 2 aromatic heterocycles. The number of nitrogens with one attached hydrogen (secondary N) is 1. The Morgan fingerprint density at radius 1 is 1.00 bits per heavy atom. The molecule has 5 rings (SSSR count). The van der Waals surface area contributed by atoms with E-state index in [0.29, 0.717) is 24.2 Å². The molecular weight excluding hydrogens is 404 g/mol. The number of carbonyl (C=O) groups excluding carboxylic acids is 2. The number of para-hydroxylation sites is 1. The van der Waals surface area contributed by atoms with E-state index in [0.717, 1.165) is 54.9 Å². The number of hydrogen-bond donors (Lipinski definition) is 1. The number of amides is 2. The first-order valence-corrected chi connectivity index (χ1v) is 11.2. The number of aromatic amines is 1. The number of aromatic nitrogens is 3. The Kier molecular flexibility index (Phi) is 5.38. The van der Waals surface area contributed by atoms with Crippen molar-refractivity contribution >= 4 is 22.7 Å². The summed E-state index contributed by atoms with van der Waals surface area (Å²) in [5.74, 6) is 0.168. The van der Waals surface area contributed by atoms with Crippen LogP contribution in [0.15, 0.2) is 36.5 Å². The molecule has 8 heteroatoms. The van der Waals surface area contributed by atoms with Crippen molar-refractivity contribution in [2.75, 3.05) is 46.3 Å². The molecule has 2 aliphatic heterocycles. The number of likely N-dealkylation sites (N-methyl/N-ethyl adjacent to an activating group) is 1. The van der Waals surface area contributed by atoms with E-state index < -0.39 is 0 Å². The van der Waals surface area contributed by atoms with E-state index in [4.69, 9.17) is 4.98 Å². The van der Waals surface area contributed by atoms with Gasteiger partial charge in [-0.15, -0.1) is 0 Å². The summed E-state index contributed by atoms with van der Waals surface area (Å²) in [4.78, 5) is 37.3. The highest BCUT2D eigenvalue weighted by atomic mass is 16.2. The van der Waals surface area contributed by atoms with Crippen LogP contribution in [0.2, 0.25) is 0 Å². The summed E-state index contributed by atoms with van der Waals surface area (Å²) in [7, 11) is 2.08. The zero-order valence-electron chi connectivity index (χ0n) is 18.5. The van der Waals surface area contributed by atoms with Crippen LogP contribution >= 0.6 is 0 Å². The minimum Gasteiger partial charge on any atom is -0.338 e. The topological polar surface area (TPSA) is 85.4 Å². The molecule has 8 nitrogen and oxygen atoms in total. The van der Waals surface area contributed by atoms with Crippen LogP contribution in [0, 0.1) is 6.92 Å². The summed E-state index contributed by atoms with van der Waals surface area (Å²) in [6, 6.07) is 9.81. The summed E-state index contributed by atoms with van der Waals surface area (Å²) in [6.07, 6.45) is 2.42. The number of carbonyl (C=O) groups is 2. The van der Waals surface area contributed by atoms with E-state index in [9.17, 15) is 9.59 Å². The Balaban J connectivity index is 1.43. The third-order valence-electron chi connectivity index (χ3n) is 6.71. The van der Waals surface area contributed by atoms with Gasteiger partial charge in [-0.3, -0.25) is 19.7 Å². The van der Waals surface area contributed by atoms with Gasteiger partial charge in [0.2, 0.25) is 0 Å². The highest BCUT2D eigenvalue weighted by molar-refractivity contribution is 6.06. The molecule has 1 atom stereocenters. The first-order chi connectivity index (χ1) is 15.5. The highest BCUT2D eigenvalue weighted by Gasteiger charge is 2.31. The maximum Gasteiger partial charge on any atom is 0.257 e. The molecule has 0 radical (unpaired) electrons.